The molecule has 0 bridgehead atoms. The first-order valence-corrected chi connectivity index (χ1v) is 17.3. The molecule has 6 aromatic carbocycles. The van der Waals surface area contributed by atoms with Crippen LogP contribution in [0.3, 0.4) is 0 Å². The molecule has 3 heterocycles. The van der Waals surface area contributed by atoms with Crippen molar-refractivity contribution >= 4 is 43.6 Å². The topological polar surface area (TPSA) is 35.6 Å². The molecule has 9 rings (SSSR count). The molecule has 0 fully saturated rings. The fraction of sp³-hybridized carbons (Fsp3) is 0.130. The smallest absolute Gasteiger partial charge is 0.126 e. The molecule has 0 aliphatic rings. The molecule has 242 valence electrons. The predicted octanol–water partition coefficient (Wildman–Crippen LogP) is 11.9. The van der Waals surface area contributed by atoms with Crippen LogP contribution < -0.4 is 0 Å². The first-order chi connectivity index (χ1) is 24.2. The minimum Gasteiger partial charge on any atom is -0.309 e. The number of aryl methyl sites for hydroxylation is 6. The van der Waals surface area contributed by atoms with E-state index in [0.717, 1.165) is 39.7 Å². The second-order valence-electron chi connectivity index (χ2n) is 13.9. The first kappa shape index (κ1) is 30.1. The van der Waals surface area contributed by atoms with Gasteiger partial charge in [0.25, 0.3) is 0 Å². The lowest BCUT2D eigenvalue weighted by atomic mass is 9.97. The van der Waals surface area contributed by atoms with E-state index in [1.807, 2.05) is 13.8 Å². The van der Waals surface area contributed by atoms with Crippen molar-refractivity contribution in [3.8, 4) is 33.8 Å². The number of aromatic nitrogens is 4. The Morgan fingerprint density at radius 1 is 0.400 bits per heavy atom. The van der Waals surface area contributed by atoms with Gasteiger partial charge in [0.1, 0.15) is 5.82 Å². The summed E-state index contributed by atoms with van der Waals surface area (Å²) in [5.41, 5.74) is 17.3. The van der Waals surface area contributed by atoms with Gasteiger partial charge in [-0.25, -0.2) is 9.97 Å². The summed E-state index contributed by atoms with van der Waals surface area (Å²) in [5, 5.41) is 5.07. The Morgan fingerprint density at radius 3 is 1.36 bits per heavy atom. The van der Waals surface area contributed by atoms with Crippen LogP contribution in [0.5, 0.6) is 0 Å². The van der Waals surface area contributed by atoms with E-state index in [2.05, 4.69) is 163 Å². The highest BCUT2D eigenvalue weighted by molar-refractivity contribution is 6.12. The number of hydrogen-bond donors (Lipinski definition) is 0. The molecule has 0 aliphatic carbocycles. The van der Waals surface area contributed by atoms with Gasteiger partial charge in [0, 0.05) is 43.9 Å². The Balaban J connectivity index is 1.40. The van der Waals surface area contributed by atoms with E-state index in [4.69, 9.17) is 4.98 Å². The average Bonchev–Trinajstić information content (AvgIpc) is 3.58. The Hall–Kier alpha value is -6.00. The van der Waals surface area contributed by atoms with Gasteiger partial charge in [0.2, 0.25) is 0 Å². The number of hydrogen-bond acceptors (Lipinski definition) is 2. The summed E-state index contributed by atoms with van der Waals surface area (Å²) in [6, 6.07) is 45.1. The minimum absolute atomic E-state index is 0.774. The summed E-state index contributed by atoms with van der Waals surface area (Å²) in [6.45, 7) is 12.7. The molecule has 0 atom stereocenters. The molecule has 9 aromatic rings. The van der Waals surface area contributed by atoms with Gasteiger partial charge < -0.3 is 9.13 Å². The van der Waals surface area contributed by atoms with Crippen molar-refractivity contribution in [2.24, 2.45) is 0 Å². The fourth-order valence-corrected chi connectivity index (χ4v) is 7.89. The molecule has 0 saturated heterocycles. The zero-order chi connectivity index (χ0) is 34.3. The van der Waals surface area contributed by atoms with Crippen molar-refractivity contribution in [1.82, 2.24) is 19.1 Å². The van der Waals surface area contributed by atoms with Crippen molar-refractivity contribution in [1.29, 1.82) is 0 Å². The third-order valence-electron chi connectivity index (χ3n) is 10.1. The standard InChI is InChI=1S/C46H38N4/c1-27-11-17-42-36(21-27)37-22-28(2)12-18-43(37)49(42)41-10-8-7-9-34(41)35-16-15-33(40-25-31(5)47-32(6)48-40)26-46(35)50-44-19-13-29(3)23-38(44)39-24-30(4)14-20-45(39)50/h7-26H,1-6H3. The van der Waals surface area contributed by atoms with Gasteiger partial charge >= 0.3 is 0 Å². The maximum atomic E-state index is 4.89. The van der Waals surface area contributed by atoms with Gasteiger partial charge in [-0.3, -0.25) is 0 Å². The highest BCUT2D eigenvalue weighted by atomic mass is 15.0. The minimum atomic E-state index is 0.774. The van der Waals surface area contributed by atoms with Gasteiger partial charge in [-0.1, -0.05) is 76.9 Å². The lowest BCUT2D eigenvalue weighted by Gasteiger charge is -2.20. The van der Waals surface area contributed by atoms with Crippen LogP contribution in [0.2, 0.25) is 0 Å². The summed E-state index contributed by atoms with van der Waals surface area (Å²) in [4.78, 5) is 9.47. The molecule has 0 aliphatic heterocycles. The quantitative estimate of drug-likeness (QED) is 0.191. The lowest BCUT2D eigenvalue weighted by Crippen LogP contribution is -2.02. The zero-order valence-electron chi connectivity index (χ0n) is 29.3. The van der Waals surface area contributed by atoms with Crippen LogP contribution in [0.4, 0.5) is 0 Å². The zero-order valence-corrected chi connectivity index (χ0v) is 29.3. The van der Waals surface area contributed by atoms with Gasteiger partial charge in [-0.2, -0.15) is 0 Å². The molecule has 0 saturated carbocycles. The van der Waals surface area contributed by atoms with Gasteiger partial charge in [0.05, 0.1) is 39.1 Å². The molecular weight excluding hydrogens is 609 g/mol. The van der Waals surface area contributed by atoms with Crippen LogP contribution >= 0.6 is 0 Å². The number of fused-ring (bicyclic) bond motifs is 6. The van der Waals surface area contributed by atoms with E-state index < -0.39 is 0 Å². The van der Waals surface area contributed by atoms with Crippen LogP contribution in [0.25, 0.3) is 77.4 Å². The van der Waals surface area contributed by atoms with Crippen LogP contribution in [-0.2, 0) is 0 Å². The molecule has 4 nitrogen and oxygen atoms in total. The van der Waals surface area contributed by atoms with Crippen LogP contribution in [0.1, 0.15) is 33.8 Å². The highest BCUT2D eigenvalue weighted by Crippen LogP contribution is 2.42. The third-order valence-corrected chi connectivity index (χ3v) is 10.1. The van der Waals surface area contributed by atoms with Crippen molar-refractivity contribution < 1.29 is 0 Å². The Bertz CT molecular complexity index is 2690. The Morgan fingerprint density at radius 2 is 0.860 bits per heavy atom. The van der Waals surface area contributed by atoms with Crippen molar-refractivity contribution in [3.63, 3.8) is 0 Å². The monoisotopic (exact) mass is 646 g/mol. The Kier molecular flexibility index (Phi) is 6.79. The van der Waals surface area contributed by atoms with Gasteiger partial charge in [-0.05, 0) is 108 Å². The van der Waals surface area contributed by atoms with E-state index in [0.29, 0.717) is 0 Å². The van der Waals surface area contributed by atoms with E-state index in [1.165, 1.54) is 71.4 Å². The number of rotatable bonds is 4. The number of benzene rings is 6. The average molecular weight is 647 g/mol. The van der Waals surface area contributed by atoms with E-state index in [9.17, 15) is 0 Å². The number of para-hydroxylation sites is 1. The molecule has 0 spiro atoms. The van der Waals surface area contributed by atoms with Gasteiger partial charge in [0.15, 0.2) is 0 Å². The Labute approximate surface area is 292 Å². The van der Waals surface area contributed by atoms with E-state index in [1.54, 1.807) is 0 Å². The molecule has 0 amide bonds. The van der Waals surface area contributed by atoms with Crippen LogP contribution in [0.15, 0.2) is 121 Å². The van der Waals surface area contributed by atoms with Crippen molar-refractivity contribution in [2.75, 3.05) is 0 Å². The molecule has 0 N–H and O–H groups in total. The van der Waals surface area contributed by atoms with Crippen LogP contribution in [-0.4, -0.2) is 19.1 Å². The second kappa shape index (κ2) is 11.3. The highest BCUT2D eigenvalue weighted by Gasteiger charge is 2.21. The molecule has 0 unspecified atom stereocenters. The summed E-state index contributed by atoms with van der Waals surface area (Å²) in [7, 11) is 0. The third kappa shape index (κ3) is 4.74. The largest absolute Gasteiger partial charge is 0.309 e. The van der Waals surface area contributed by atoms with Crippen LogP contribution in [0, 0.1) is 41.5 Å². The predicted molar refractivity (Wildman–Crippen MR) is 210 cm³/mol. The molecule has 50 heavy (non-hydrogen) atoms. The summed E-state index contributed by atoms with van der Waals surface area (Å²) >= 11 is 0. The maximum absolute atomic E-state index is 4.89. The molecule has 3 aromatic heterocycles. The summed E-state index contributed by atoms with van der Waals surface area (Å²) in [6.07, 6.45) is 0. The summed E-state index contributed by atoms with van der Waals surface area (Å²) < 4.78 is 4.91. The number of nitrogens with zero attached hydrogens (tertiary/aromatic N) is 4. The molecular formula is C46H38N4. The van der Waals surface area contributed by atoms with Gasteiger partial charge in [-0.15, -0.1) is 0 Å². The second-order valence-corrected chi connectivity index (χ2v) is 13.9. The summed E-state index contributed by atoms with van der Waals surface area (Å²) in [5.74, 6) is 0.774. The molecule has 0 radical (unpaired) electrons. The van der Waals surface area contributed by atoms with Crippen molar-refractivity contribution in [2.45, 2.75) is 41.5 Å². The SMILES string of the molecule is Cc1ccc2c(c1)c1cc(C)ccc1n2-c1ccccc1-c1ccc(-c2cc(C)nc(C)n2)cc1-n1c2ccc(C)cc2c2cc(C)ccc21. The lowest BCUT2D eigenvalue weighted by molar-refractivity contribution is 1.02. The molecule has 4 heteroatoms. The normalized spacial score (nSPS) is 11.8. The fourth-order valence-electron chi connectivity index (χ4n) is 7.89. The van der Waals surface area contributed by atoms with E-state index in [-0.39, 0.29) is 0 Å². The van der Waals surface area contributed by atoms with E-state index >= 15 is 0 Å². The van der Waals surface area contributed by atoms with Crippen molar-refractivity contribution in [3.05, 3.63) is 155 Å². The first-order valence-electron chi connectivity index (χ1n) is 17.3. The maximum Gasteiger partial charge on any atom is 0.126 e.